The van der Waals surface area contributed by atoms with Gasteiger partial charge < -0.3 is 14.4 Å². The van der Waals surface area contributed by atoms with Crippen LogP contribution in [0.25, 0.3) is 6.08 Å². The number of hydrogen-bond donors (Lipinski definition) is 0. The van der Waals surface area contributed by atoms with Gasteiger partial charge in [0.2, 0.25) is 0 Å². The Morgan fingerprint density at radius 3 is 2.52 bits per heavy atom. The first kappa shape index (κ1) is 24.3. The zero-order chi connectivity index (χ0) is 23.0. The summed E-state index contributed by atoms with van der Waals surface area (Å²) in [5.74, 6) is 0.693. The van der Waals surface area contributed by atoms with Crippen molar-refractivity contribution in [2.45, 2.75) is 20.0 Å². The minimum atomic E-state index is -0.372. The van der Waals surface area contributed by atoms with Crippen molar-refractivity contribution in [3.05, 3.63) is 75.3 Å². The van der Waals surface area contributed by atoms with Crippen LogP contribution >= 0.6 is 23.2 Å². The van der Waals surface area contributed by atoms with E-state index in [1.165, 1.54) is 11.0 Å². The summed E-state index contributed by atoms with van der Waals surface area (Å²) in [6.07, 6.45) is 3.79. The lowest BCUT2D eigenvalue weighted by Crippen LogP contribution is -2.22. The maximum absolute atomic E-state index is 12.2. The molecule has 0 N–H and O–H groups in total. The van der Waals surface area contributed by atoms with Crippen molar-refractivity contribution >= 4 is 35.2 Å². The van der Waals surface area contributed by atoms with Crippen molar-refractivity contribution in [1.29, 1.82) is 5.26 Å². The molecule has 2 aromatic carbocycles. The van der Waals surface area contributed by atoms with Gasteiger partial charge in [0.1, 0.15) is 18.2 Å². The van der Waals surface area contributed by atoms with Crippen LogP contribution in [-0.2, 0) is 17.8 Å². The first-order chi connectivity index (χ1) is 14.8. The quantitative estimate of drug-likeness (QED) is 0.274. The number of amides is 1. The van der Waals surface area contributed by atoms with Gasteiger partial charge in [-0.25, -0.2) is 0 Å². The molecular weight excluding hydrogens is 435 g/mol. The number of benzene rings is 2. The number of carbonyl (C=O) groups is 1. The Morgan fingerprint density at radius 1 is 1.19 bits per heavy atom. The predicted molar refractivity (Wildman–Crippen MR) is 125 cm³/mol. The van der Waals surface area contributed by atoms with E-state index < -0.39 is 0 Å². The molecule has 0 bridgehead atoms. The molecule has 0 fully saturated rings. The van der Waals surface area contributed by atoms with Crippen molar-refractivity contribution < 1.29 is 14.3 Å². The number of hydrogen-bond acceptors (Lipinski definition) is 4. The highest BCUT2D eigenvalue weighted by Gasteiger charge is 2.16. The highest BCUT2D eigenvalue weighted by molar-refractivity contribution is 6.35. The fourth-order valence-electron chi connectivity index (χ4n) is 2.84. The number of likely N-dealkylation sites (N-methyl/N-ethyl adjacent to an activating group) is 1. The van der Waals surface area contributed by atoms with E-state index in [0.29, 0.717) is 40.1 Å². The van der Waals surface area contributed by atoms with Crippen LogP contribution < -0.4 is 9.47 Å². The Hall–Kier alpha value is -2.94. The normalized spacial score (nSPS) is 10.9. The summed E-state index contributed by atoms with van der Waals surface area (Å²) < 4.78 is 11.9. The molecule has 7 heteroatoms. The molecule has 31 heavy (non-hydrogen) atoms. The molecular formula is C24H24Cl2N2O3. The minimum Gasteiger partial charge on any atom is -0.490 e. The second-order valence-corrected chi connectivity index (χ2v) is 7.67. The van der Waals surface area contributed by atoms with E-state index in [1.54, 1.807) is 44.4 Å². The molecule has 1 amide bonds. The predicted octanol–water partition coefficient (Wildman–Crippen LogP) is 5.69. The summed E-state index contributed by atoms with van der Waals surface area (Å²) >= 11 is 12.2. The van der Waals surface area contributed by atoms with E-state index in [4.69, 9.17) is 32.7 Å². The molecule has 0 saturated carbocycles. The standard InChI is InChI=1S/C24H24Cl2N2O3/c1-5-7-17-10-16(11-19(14-27)24(29)28(3)4)12-22(30-6-2)23(17)31-15-18-8-9-20(25)13-21(18)26/h5,8-13H,1,6-7,15H2,2-4H3/b19-11+. The summed E-state index contributed by atoms with van der Waals surface area (Å²) in [6, 6.07) is 10.8. The van der Waals surface area contributed by atoms with Gasteiger partial charge in [-0.1, -0.05) is 35.3 Å². The lowest BCUT2D eigenvalue weighted by Gasteiger charge is -2.17. The van der Waals surface area contributed by atoms with Gasteiger partial charge in [-0.2, -0.15) is 5.26 Å². The van der Waals surface area contributed by atoms with Gasteiger partial charge in [-0.3, -0.25) is 4.79 Å². The number of ether oxygens (including phenoxy) is 2. The number of rotatable bonds is 9. The molecule has 2 rings (SSSR count). The molecule has 2 aromatic rings. The van der Waals surface area contributed by atoms with Crippen LogP contribution in [0, 0.1) is 11.3 Å². The van der Waals surface area contributed by atoms with Crippen molar-refractivity contribution in [1.82, 2.24) is 4.90 Å². The van der Waals surface area contributed by atoms with Crippen LogP contribution in [0.4, 0.5) is 0 Å². The van der Waals surface area contributed by atoms with Crippen molar-refractivity contribution in [2.24, 2.45) is 0 Å². The molecule has 0 atom stereocenters. The van der Waals surface area contributed by atoms with Gasteiger partial charge in [0.05, 0.1) is 6.61 Å². The van der Waals surface area contributed by atoms with Crippen molar-refractivity contribution in [3.63, 3.8) is 0 Å². The summed E-state index contributed by atoms with van der Waals surface area (Å²) in [6.45, 7) is 6.32. The first-order valence-electron chi connectivity index (χ1n) is 9.61. The van der Waals surface area contributed by atoms with Crippen LogP contribution in [0.5, 0.6) is 11.5 Å². The fraction of sp³-hybridized carbons (Fsp3) is 0.250. The average molecular weight is 459 g/mol. The van der Waals surface area contributed by atoms with E-state index in [0.717, 1.165) is 11.1 Å². The second-order valence-electron chi connectivity index (χ2n) is 6.83. The van der Waals surface area contributed by atoms with Crippen LogP contribution in [0.15, 0.2) is 48.6 Å². The van der Waals surface area contributed by atoms with Gasteiger partial charge in [0.15, 0.2) is 11.5 Å². The van der Waals surface area contributed by atoms with E-state index in [9.17, 15) is 10.1 Å². The van der Waals surface area contributed by atoms with Gasteiger partial charge in [-0.05, 0) is 49.2 Å². The number of allylic oxidation sites excluding steroid dienone is 1. The number of halogens is 2. The second kappa shape index (κ2) is 11.5. The Kier molecular flexibility index (Phi) is 8.99. The lowest BCUT2D eigenvalue weighted by molar-refractivity contribution is -0.124. The molecule has 0 aliphatic carbocycles. The molecule has 0 aromatic heterocycles. The molecule has 5 nitrogen and oxygen atoms in total. The van der Waals surface area contributed by atoms with E-state index in [-0.39, 0.29) is 18.1 Å². The van der Waals surface area contributed by atoms with Crippen LogP contribution in [0.1, 0.15) is 23.6 Å². The Labute approximate surface area is 193 Å². The third kappa shape index (κ3) is 6.52. The third-order valence-corrected chi connectivity index (χ3v) is 4.86. The maximum atomic E-state index is 12.2. The molecule has 162 valence electrons. The van der Waals surface area contributed by atoms with Gasteiger partial charge in [-0.15, -0.1) is 6.58 Å². The van der Waals surface area contributed by atoms with Gasteiger partial charge in [0.25, 0.3) is 5.91 Å². The summed E-state index contributed by atoms with van der Waals surface area (Å²) in [4.78, 5) is 13.6. The lowest BCUT2D eigenvalue weighted by atomic mass is 10.0. The van der Waals surface area contributed by atoms with E-state index in [2.05, 4.69) is 6.58 Å². The molecule has 0 radical (unpaired) electrons. The largest absolute Gasteiger partial charge is 0.490 e. The van der Waals surface area contributed by atoms with E-state index >= 15 is 0 Å². The molecule has 0 saturated heterocycles. The first-order valence-corrected chi connectivity index (χ1v) is 10.4. The molecule has 0 spiro atoms. The topological polar surface area (TPSA) is 62.6 Å². The van der Waals surface area contributed by atoms with Gasteiger partial charge >= 0.3 is 0 Å². The Bertz CT molecular complexity index is 1040. The van der Waals surface area contributed by atoms with Crippen molar-refractivity contribution in [2.75, 3.05) is 20.7 Å². The fourth-order valence-corrected chi connectivity index (χ4v) is 3.30. The van der Waals surface area contributed by atoms with Crippen LogP contribution in [-0.4, -0.2) is 31.5 Å². The average Bonchev–Trinajstić information content (AvgIpc) is 2.72. The zero-order valence-electron chi connectivity index (χ0n) is 17.7. The highest BCUT2D eigenvalue weighted by atomic mass is 35.5. The van der Waals surface area contributed by atoms with Crippen LogP contribution in [0.3, 0.4) is 0 Å². The molecule has 0 heterocycles. The van der Waals surface area contributed by atoms with Crippen LogP contribution in [0.2, 0.25) is 10.0 Å². The monoisotopic (exact) mass is 458 g/mol. The number of nitriles is 1. The smallest absolute Gasteiger partial charge is 0.264 e. The summed E-state index contributed by atoms with van der Waals surface area (Å²) in [7, 11) is 3.20. The molecule has 0 aliphatic heterocycles. The Balaban J connectivity index is 2.48. The highest BCUT2D eigenvalue weighted by Crippen LogP contribution is 2.36. The molecule has 0 unspecified atom stereocenters. The third-order valence-electron chi connectivity index (χ3n) is 4.27. The number of nitrogens with zero attached hydrogens (tertiary/aromatic N) is 2. The Morgan fingerprint density at radius 2 is 1.94 bits per heavy atom. The molecule has 0 aliphatic rings. The SMILES string of the molecule is C=CCc1cc(/C=C(\C#N)C(=O)N(C)C)cc(OCC)c1OCc1ccc(Cl)cc1Cl. The zero-order valence-corrected chi connectivity index (χ0v) is 19.3. The maximum Gasteiger partial charge on any atom is 0.264 e. The minimum absolute atomic E-state index is 0.0265. The van der Waals surface area contributed by atoms with E-state index in [1.807, 2.05) is 19.1 Å². The van der Waals surface area contributed by atoms with Gasteiger partial charge in [0, 0.05) is 35.3 Å². The van der Waals surface area contributed by atoms with Crippen molar-refractivity contribution in [3.8, 4) is 17.6 Å². The number of carbonyl (C=O) groups excluding carboxylic acids is 1. The summed E-state index contributed by atoms with van der Waals surface area (Å²) in [5, 5.41) is 10.5. The summed E-state index contributed by atoms with van der Waals surface area (Å²) in [5.41, 5.74) is 2.28.